The van der Waals surface area contributed by atoms with Crippen molar-refractivity contribution in [3.05, 3.63) is 23.5 Å². The molecule has 0 radical (unpaired) electrons. The number of allylic oxidation sites excluding steroid dienone is 3. The largest absolute Gasteiger partial charge is 0.504 e. The molecule has 1 aliphatic carbocycles. The average molecular weight is 190 g/mol. The lowest BCUT2D eigenvalue weighted by molar-refractivity contribution is -0.117. The minimum atomic E-state index is -0.507. The molecule has 0 aliphatic heterocycles. The van der Waals surface area contributed by atoms with Crippen molar-refractivity contribution in [2.45, 2.75) is 13.3 Å². The molecule has 1 rings (SSSR count). The zero-order valence-corrected chi connectivity index (χ0v) is 7.78. The van der Waals surface area contributed by atoms with Crippen LogP contribution in [0.25, 0.3) is 0 Å². The number of carbonyl (C=O) groups excluding carboxylic acids is 2. The van der Waals surface area contributed by atoms with Gasteiger partial charge in [0.25, 0.3) is 0 Å². The van der Waals surface area contributed by atoms with Crippen molar-refractivity contribution < 1.29 is 14.7 Å². The van der Waals surface area contributed by atoms with Gasteiger partial charge in [-0.05, 0) is 12.0 Å². The molecule has 0 amide bonds. The van der Waals surface area contributed by atoms with Crippen molar-refractivity contribution >= 4 is 11.6 Å². The van der Waals surface area contributed by atoms with E-state index in [2.05, 4.69) is 5.92 Å². The minimum Gasteiger partial charge on any atom is -0.504 e. The molecule has 0 unspecified atom stereocenters. The van der Waals surface area contributed by atoms with Crippen LogP contribution in [-0.2, 0) is 9.59 Å². The molecule has 0 fully saturated rings. The number of Topliss-reactive ketones (excluding diaryl/α,β-unsaturated/α-hetero) is 1. The van der Waals surface area contributed by atoms with Crippen LogP contribution in [-0.4, -0.2) is 16.7 Å². The van der Waals surface area contributed by atoms with Crippen LogP contribution in [0, 0.1) is 18.3 Å². The Hall–Kier alpha value is -1.82. The maximum atomic E-state index is 11.4. The summed E-state index contributed by atoms with van der Waals surface area (Å²) in [5.74, 6) is 0.823. The van der Waals surface area contributed by atoms with E-state index in [1.54, 1.807) is 6.92 Å². The predicted octanol–water partition coefficient (Wildman–Crippen LogP) is 1.17. The molecule has 1 N–H and O–H groups in total. The molecule has 0 bridgehead atoms. The van der Waals surface area contributed by atoms with Crippen molar-refractivity contribution in [1.82, 2.24) is 0 Å². The van der Waals surface area contributed by atoms with Crippen molar-refractivity contribution in [3.63, 3.8) is 0 Å². The van der Waals surface area contributed by atoms with Gasteiger partial charge >= 0.3 is 0 Å². The van der Waals surface area contributed by atoms with Gasteiger partial charge in [0.1, 0.15) is 0 Å². The van der Waals surface area contributed by atoms with E-state index < -0.39 is 11.5 Å². The molecule has 0 heterocycles. The van der Waals surface area contributed by atoms with Gasteiger partial charge in [0.2, 0.25) is 5.78 Å². The van der Waals surface area contributed by atoms with Gasteiger partial charge in [-0.1, -0.05) is 6.92 Å². The van der Waals surface area contributed by atoms with Crippen molar-refractivity contribution in [2.75, 3.05) is 0 Å². The molecule has 1 atom stereocenters. The molecule has 0 aromatic rings. The van der Waals surface area contributed by atoms with Gasteiger partial charge in [-0.15, -0.1) is 12.3 Å². The van der Waals surface area contributed by atoms with Crippen LogP contribution in [0.1, 0.15) is 13.3 Å². The summed E-state index contributed by atoms with van der Waals surface area (Å²) in [7, 11) is 0. The number of aliphatic hydroxyl groups is 1. The topological polar surface area (TPSA) is 54.4 Å². The quantitative estimate of drug-likeness (QED) is 0.525. The molecule has 72 valence electrons. The predicted molar refractivity (Wildman–Crippen MR) is 51.4 cm³/mol. The van der Waals surface area contributed by atoms with Gasteiger partial charge in [0.15, 0.2) is 11.5 Å². The third kappa shape index (κ3) is 1.91. The van der Waals surface area contributed by atoms with Gasteiger partial charge in [0.05, 0.1) is 0 Å². The first-order valence-corrected chi connectivity index (χ1v) is 4.20. The van der Waals surface area contributed by atoms with Gasteiger partial charge in [-0.2, -0.15) is 0 Å². The van der Waals surface area contributed by atoms with Crippen LogP contribution in [0.2, 0.25) is 0 Å². The lowest BCUT2D eigenvalue weighted by Gasteiger charge is -2.14. The minimum absolute atomic E-state index is 0.202. The first kappa shape index (κ1) is 10.3. The van der Waals surface area contributed by atoms with E-state index in [1.165, 1.54) is 6.08 Å². The lowest BCUT2D eigenvalue weighted by Crippen LogP contribution is -2.18. The van der Waals surface area contributed by atoms with E-state index in [0.29, 0.717) is 6.42 Å². The fourth-order valence-electron chi connectivity index (χ4n) is 1.26. The van der Waals surface area contributed by atoms with Crippen molar-refractivity contribution in [1.29, 1.82) is 0 Å². The molecule has 0 saturated heterocycles. The number of hydrogen-bond acceptors (Lipinski definition) is 3. The summed E-state index contributed by atoms with van der Waals surface area (Å²) in [6.45, 7) is 1.75. The number of carbonyl (C=O) groups is 2. The fraction of sp³-hybridized carbons (Fsp3) is 0.273. The molecular weight excluding hydrogens is 180 g/mol. The highest BCUT2D eigenvalue weighted by atomic mass is 16.3. The Labute approximate surface area is 82.1 Å². The Morgan fingerprint density at radius 1 is 1.50 bits per heavy atom. The van der Waals surface area contributed by atoms with Crippen LogP contribution < -0.4 is 0 Å². The molecule has 14 heavy (non-hydrogen) atoms. The Kier molecular flexibility index (Phi) is 2.88. The summed E-state index contributed by atoms with van der Waals surface area (Å²) in [5, 5.41) is 9.13. The number of ketones is 2. The van der Waals surface area contributed by atoms with Crippen LogP contribution >= 0.6 is 0 Å². The third-order valence-electron chi connectivity index (χ3n) is 2.03. The molecular formula is C11H10O3. The van der Waals surface area contributed by atoms with Crippen molar-refractivity contribution in [2.24, 2.45) is 5.92 Å². The summed E-state index contributed by atoms with van der Waals surface area (Å²) >= 11 is 0. The van der Waals surface area contributed by atoms with E-state index in [9.17, 15) is 9.59 Å². The average Bonchev–Trinajstić information content (AvgIpc) is 2.11. The summed E-state index contributed by atoms with van der Waals surface area (Å²) in [4.78, 5) is 22.4. The van der Waals surface area contributed by atoms with E-state index in [4.69, 9.17) is 11.5 Å². The molecule has 0 spiro atoms. The number of aliphatic hydroxyl groups excluding tert-OH is 1. The molecule has 0 saturated carbocycles. The van der Waals surface area contributed by atoms with Crippen LogP contribution in [0.5, 0.6) is 0 Å². The second-order valence-electron chi connectivity index (χ2n) is 3.17. The standard InChI is InChI=1S/C11H10O3/c1-3-4-7(2)9-5-8(12)6-10(13)11(9)14/h1,5-7,13H,4H2,2H3/t7-/m1/s1. The van der Waals surface area contributed by atoms with Gasteiger partial charge in [0, 0.05) is 18.1 Å². The summed E-state index contributed by atoms with van der Waals surface area (Å²) in [6, 6.07) is 0. The number of hydrogen-bond donors (Lipinski definition) is 1. The Balaban J connectivity index is 2.95. The van der Waals surface area contributed by atoms with Crippen LogP contribution in [0.3, 0.4) is 0 Å². The SMILES string of the molecule is C#CC[C@@H](C)C1=CC(=O)C=C(O)C1=O. The third-order valence-corrected chi connectivity index (χ3v) is 2.03. The van der Waals surface area contributed by atoms with Gasteiger partial charge in [-0.25, -0.2) is 0 Å². The Bertz CT molecular complexity index is 380. The van der Waals surface area contributed by atoms with Gasteiger partial charge in [-0.3, -0.25) is 9.59 Å². The highest BCUT2D eigenvalue weighted by molar-refractivity contribution is 6.19. The summed E-state index contributed by atoms with van der Waals surface area (Å²) in [6.07, 6.45) is 7.61. The number of rotatable bonds is 2. The maximum absolute atomic E-state index is 11.4. The first-order valence-electron chi connectivity index (χ1n) is 4.20. The smallest absolute Gasteiger partial charge is 0.223 e. The maximum Gasteiger partial charge on any atom is 0.223 e. The zero-order chi connectivity index (χ0) is 10.7. The van der Waals surface area contributed by atoms with E-state index in [0.717, 1.165) is 6.08 Å². The Morgan fingerprint density at radius 3 is 2.71 bits per heavy atom. The second-order valence-corrected chi connectivity index (χ2v) is 3.17. The lowest BCUT2D eigenvalue weighted by atomic mass is 9.89. The highest BCUT2D eigenvalue weighted by Crippen LogP contribution is 2.21. The van der Waals surface area contributed by atoms with E-state index in [1.807, 2.05) is 0 Å². The van der Waals surface area contributed by atoms with Gasteiger partial charge < -0.3 is 5.11 Å². The van der Waals surface area contributed by atoms with E-state index >= 15 is 0 Å². The fourth-order valence-corrected chi connectivity index (χ4v) is 1.26. The van der Waals surface area contributed by atoms with Crippen molar-refractivity contribution in [3.8, 4) is 12.3 Å². The highest BCUT2D eigenvalue weighted by Gasteiger charge is 2.24. The summed E-state index contributed by atoms with van der Waals surface area (Å²) < 4.78 is 0. The van der Waals surface area contributed by atoms with Crippen LogP contribution in [0.15, 0.2) is 23.5 Å². The first-order chi connectivity index (χ1) is 6.56. The molecule has 3 nitrogen and oxygen atoms in total. The molecule has 3 heteroatoms. The Morgan fingerprint density at radius 2 is 2.14 bits per heavy atom. The summed E-state index contributed by atoms with van der Waals surface area (Å²) in [5.41, 5.74) is 0.285. The normalized spacial score (nSPS) is 18.3. The van der Waals surface area contributed by atoms with E-state index in [-0.39, 0.29) is 17.3 Å². The molecule has 1 aliphatic rings. The van der Waals surface area contributed by atoms with Crippen LogP contribution in [0.4, 0.5) is 0 Å². The molecule has 0 aromatic heterocycles. The molecule has 0 aromatic carbocycles. The number of terminal acetylenes is 1. The monoisotopic (exact) mass is 190 g/mol. The second kappa shape index (κ2) is 3.93. The zero-order valence-electron chi connectivity index (χ0n) is 7.78.